The minimum Gasteiger partial charge on any atom is -0.352 e. The van der Waals surface area contributed by atoms with Gasteiger partial charge in [-0.05, 0) is 50.6 Å². The zero-order valence-corrected chi connectivity index (χ0v) is 18.2. The Morgan fingerprint density at radius 3 is 2.30 bits per heavy atom. The van der Waals surface area contributed by atoms with Gasteiger partial charge in [-0.3, -0.25) is 30.0 Å². The van der Waals surface area contributed by atoms with Crippen LogP contribution in [0.4, 0.5) is 4.39 Å². The van der Waals surface area contributed by atoms with Crippen LogP contribution in [-0.2, 0) is 4.79 Å². The molecule has 0 aliphatic heterocycles. The van der Waals surface area contributed by atoms with E-state index in [0.29, 0.717) is 22.8 Å². The molecule has 0 unspecified atom stereocenters. The molecule has 2 aromatic carbocycles. The summed E-state index contributed by atoms with van der Waals surface area (Å²) >= 11 is 0. The van der Waals surface area contributed by atoms with Gasteiger partial charge in [-0.1, -0.05) is 18.2 Å². The van der Waals surface area contributed by atoms with Crippen LogP contribution in [0.25, 0.3) is 10.8 Å². The van der Waals surface area contributed by atoms with Gasteiger partial charge in [0.2, 0.25) is 5.91 Å². The van der Waals surface area contributed by atoms with Gasteiger partial charge in [0, 0.05) is 23.9 Å². The number of benzene rings is 2. The van der Waals surface area contributed by atoms with Crippen molar-refractivity contribution in [2.24, 2.45) is 0 Å². The van der Waals surface area contributed by atoms with Crippen molar-refractivity contribution in [2.75, 3.05) is 6.54 Å². The molecule has 0 fully saturated rings. The fourth-order valence-electron chi connectivity index (χ4n) is 3.13. The summed E-state index contributed by atoms with van der Waals surface area (Å²) in [5.41, 5.74) is 4.67. The Labute approximate surface area is 189 Å². The molecule has 10 heteroatoms. The molecule has 0 radical (unpaired) electrons. The van der Waals surface area contributed by atoms with E-state index in [4.69, 9.17) is 0 Å². The summed E-state index contributed by atoms with van der Waals surface area (Å²) in [7, 11) is 0. The number of carbonyl (C=O) groups excluding carboxylic acids is 3. The van der Waals surface area contributed by atoms with Crippen LogP contribution in [0, 0.1) is 5.82 Å². The molecule has 3 amide bonds. The molecule has 0 aliphatic carbocycles. The van der Waals surface area contributed by atoms with Gasteiger partial charge in [0.05, 0.1) is 11.4 Å². The molecule has 1 aromatic heterocycles. The maximum atomic E-state index is 12.9. The van der Waals surface area contributed by atoms with E-state index in [9.17, 15) is 23.6 Å². The van der Waals surface area contributed by atoms with E-state index in [1.54, 1.807) is 38.1 Å². The van der Waals surface area contributed by atoms with Gasteiger partial charge < -0.3 is 5.32 Å². The molecule has 0 saturated heterocycles. The number of nitrogens with one attached hydrogen (secondary N) is 3. The Kier molecular flexibility index (Phi) is 7.50. The van der Waals surface area contributed by atoms with Gasteiger partial charge in [-0.25, -0.2) is 9.07 Å². The number of hydrogen-bond donors (Lipinski definition) is 3. The fraction of sp³-hybridized carbons (Fsp3) is 0.261. The van der Waals surface area contributed by atoms with Crippen molar-refractivity contribution >= 4 is 28.5 Å². The number of rotatable bonds is 7. The summed E-state index contributed by atoms with van der Waals surface area (Å²) in [6.45, 7) is 3.78. The predicted octanol–water partition coefficient (Wildman–Crippen LogP) is 2.09. The highest BCUT2D eigenvalue weighted by Crippen LogP contribution is 2.14. The van der Waals surface area contributed by atoms with Gasteiger partial charge >= 0.3 is 0 Å². The molecule has 3 rings (SSSR count). The second-order valence-electron chi connectivity index (χ2n) is 7.61. The summed E-state index contributed by atoms with van der Waals surface area (Å²) in [5, 5.41) is 7.55. The van der Waals surface area contributed by atoms with Crippen LogP contribution in [0.2, 0.25) is 0 Å². The summed E-state index contributed by atoms with van der Waals surface area (Å²) in [5.74, 6) is -1.92. The molecule has 9 nitrogen and oxygen atoms in total. The Hall–Kier alpha value is -4.08. The van der Waals surface area contributed by atoms with Gasteiger partial charge in [-0.15, -0.1) is 0 Å². The van der Waals surface area contributed by atoms with Crippen LogP contribution in [-0.4, -0.2) is 34.0 Å². The van der Waals surface area contributed by atoms with Crippen LogP contribution in [0.5, 0.6) is 0 Å². The van der Waals surface area contributed by atoms with Crippen molar-refractivity contribution in [3.8, 4) is 0 Å². The molecule has 33 heavy (non-hydrogen) atoms. The lowest BCUT2D eigenvalue weighted by atomic mass is 10.1. The van der Waals surface area contributed by atoms with E-state index >= 15 is 0 Å². The minimum absolute atomic E-state index is 0.0192. The van der Waals surface area contributed by atoms with E-state index in [0.717, 1.165) is 0 Å². The van der Waals surface area contributed by atoms with E-state index in [2.05, 4.69) is 21.3 Å². The van der Waals surface area contributed by atoms with Crippen molar-refractivity contribution in [1.82, 2.24) is 25.9 Å². The van der Waals surface area contributed by atoms with E-state index < -0.39 is 17.6 Å². The first kappa shape index (κ1) is 23.6. The Morgan fingerprint density at radius 1 is 0.970 bits per heavy atom. The SMILES string of the molecule is CC(C)n1nc(C(=O)NNC(=O)CCCNC(=O)c2ccc(F)cc2)c2ccccc2c1=O. The predicted molar refractivity (Wildman–Crippen MR) is 120 cm³/mol. The van der Waals surface area contributed by atoms with Crippen LogP contribution < -0.4 is 21.7 Å². The maximum absolute atomic E-state index is 12.9. The minimum atomic E-state index is -0.654. The van der Waals surface area contributed by atoms with Crippen LogP contribution in [0.15, 0.2) is 53.3 Å². The second kappa shape index (κ2) is 10.5. The van der Waals surface area contributed by atoms with Gasteiger partial charge in [-0.2, -0.15) is 5.10 Å². The van der Waals surface area contributed by atoms with Gasteiger partial charge in [0.1, 0.15) is 5.82 Å². The van der Waals surface area contributed by atoms with Crippen LogP contribution >= 0.6 is 0 Å². The fourth-order valence-corrected chi connectivity index (χ4v) is 3.13. The van der Waals surface area contributed by atoms with Crippen molar-refractivity contribution in [2.45, 2.75) is 32.7 Å². The molecular weight excluding hydrogens is 429 g/mol. The van der Waals surface area contributed by atoms with E-state index in [-0.39, 0.29) is 36.2 Å². The monoisotopic (exact) mass is 453 g/mol. The second-order valence-corrected chi connectivity index (χ2v) is 7.61. The van der Waals surface area contributed by atoms with Gasteiger partial charge in [0.25, 0.3) is 17.4 Å². The third-order valence-corrected chi connectivity index (χ3v) is 4.82. The lowest BCUT2D eigenvalue weighted by Gasteiger charge is -2.13. The average Bonchev–Trinajstić information content (AvgIpc) is 2.80. The summed E-state index contributed by atoms with van der Waals surface area (Å²) in [6, 6.07) is 11.5. The zero-order valence-electron chi connectivity index (χ0n) is 18.2. The Balaban J connectivity index is 1.53. The summed E-state index contributed by atoms with van der Waals surface area (Å²) < 4.78 is 14.1. The van der Waals surface area contributed by atoms with Crippen molar-refractivity contribution in [3.63, 3.8) is 0 Å². The maximum Gasteiger partial charge on any atom is 0.290 e. The molecule has 0 spiro atoms. The average molecular weight is 453 g/mol. The molecule has 0 saturated carbocycles. The van der Waals surface area contributed by atoms with Gasteiger partial charge in [0.15, 0.2) is 5.69 Å². The van der Waals surface area contributed by atoms with Crippen LogP contribution in [0.1, 0.15) is 53.6 Å². The molecule has 1 heterocycles. The molecular formula is C23H24FN5O4. The zero-order chi connectivity index (χ0) is 24.0. The Bertz CT molecular complexity index is 1240. The standard InChI is InChI=1S/C23H24FN5O4/c1-14(2)29-23(33)18-7-4-3-6-17(18)20(28-29)22(32)27-26-19(30)8-5-13-25-21(31)15-9-11-16(24)12-10-15/h3-4,6-7,9-12,14H,5,8,13H2,1-2H3,(H,25,31)(H,26,30)(H,27,32). The summed E-state index contributed by atoms with van der Waals surface area (Å²) in [4.78, 5) is 49.3. The number of carbonyl (C=O) groups is 3. The van der Waals surface area contributed by atoms with Crippen molar-refractivity contribution < 1.29 is 18.8 Å². The molecule has 0 bridgehead atoms. The number of fused-ring (bicyclic) bond motifs is 1. The first-order valence-corrected chi connectivity index (χ1v) is 10.4. The number of aromatic nitrogens is 2. The number of nitrogens with zero attached hydrogens (tertiary/aromatic N) is 2. The van der Waals surface area contributed by atoms with Crippen molar-refractivity contribution in [1.29, 1.82) is 0 Å². The molecule has 3 aromatic rings. The first-order chi connectivity index (χ1) is 15.8. The third-order valence-electron chi connectivity index (χ3n) is 4.82. The quantitative estimate of drug-likeness (QED) is 0.374. The summed E-state index contributed by atoms with van der Waals surface area (Å²) in [6.07, 6.45) is 0.373. The lowest BCUT2D eigenvalue weighted by Crippen LogP contribution is -2.43. The number of hydrogen-bond acceptors (Lipinski definition) is 5. The molecule has 0 atom stereocenters. The molecule has 3 N–H and O–H groups in total. The highest BCUT2D eigenvalue weighted by Gasteiger charge is 2.18. The lowest BCUT2D eigenvalue weighted by molar-refractivity contribution is -0.121. The third kappa shape index (κ3) is 5.79. The largest absolute Gasteiger partial charge is 0.352 e. The van der Waals surface area contributed by atoms with E-state index in [1.165, 1.54) is 28.9 Å². The number of hydrazine groups is 1. The van der Waals surface area contributed by atoms with Crippen LogP contribution in [0.3, 0.4) is 0 Å². The van der Waals surface area contributed by atoms with Crippen molar-refractivity contribution in [3.05, 3.63) is 76.0 Å². The highest BCUT2D eigenvalue weighted by atomic mass is 19.1. The Morgan fingerprint density at radius 2 is 1.64 bits per heavy atom. The highest BCUT2D eigenvalue weighted by molar-refractivity contribution is 6.05. The first-order valence-electron chi connectivity index (χ1n) is 10.4. The number of halogens is 1. The molecule has 172 valence electrons. The number of amides is 3. The topological polar surface area (TPSA) is 122 Å². The van der Waals surface area contributed by atoms with E-state index in [1.807, 2.05) is 0 Å². The smallest absolute Gasteiger partial charge is 0.290 e. The normalized spacial score (nSPS) is 10.8. The molecule has 0 aliphatic rings.